The van der Waals surface area contributed by atoms with Crippen molar-refractivity contribution in [1.82, 2.24) is 34.3 Å². The Morgan fingerprint density at radius 3 is 3.00 bits per heavy atom. The predicted octanol–water partition coefficient (Wildman–Crippen LogP) is -0.281. The molecule has 3 aromatic rings. The zero-order valence-electron chi connectivity index (χ0n) is 14.3. The van der Waals surface area contributed by atoms with E-state index < -0.39 is 11.5 Å². The molecule has 1 saturated heterocycles. The topological polar surface area (TPSA) is 138 Å². The number of rotatable bonds is 4. The predicted molar refractivity (Wildman–Crippen MR) is 91.3 cm³/mol. The zero-order chi connectivity index (χ0) is 19.0. The Morgan fingerprint density at radius 1 is 1.33 bits per heavy atom. The molecule has 27 heavy (non-hydrogen) atoms. The highest BCUT2D eigenvalue weighted by Gasteiger charge is 2.28. The Bertz CT molecular complexity index is 1070. The number of hydrogen-bond donors (Lipinski definition) is 2. The van der Waals surface area contributed by atoms with Crippen molar-refractivity contribution in [2.24, 2.45) is 0 Å². The first-order valence-corrected chi connectivity index (χ1v) is 8.48. The third-order valence-corrected chi connectivity index (χ3v) is 4.63. The summed E-state index contributed by atoms with van der Waals surface area (Å²) in [5, 5.41) is 15.8. The molecule has 0 aromatic carbocycles. The van der Waals surface area contributed by atoms with Gasteiger partial charge in [-0.15, -0.1) is 0 Å². The van der Waals surface area contributed by atoms with Crippen LogP contribution in [0.15, 0.2) is 29.6 Å². The van der Waals surface area contributed by atoms with E-state index in [-0.39, 0.29) is 29.7 Å². The molecule has 11 heteroatoms. The van der Waals surface area contributed by atoms with E-state index in [0.29, 0.717) is 13.1 Å². The summed E-state index contributed by atoms with van der Waals surface area (Å²) < 4.78 is 2.49. The van der Waals surface area contributed by atoms with Gasteiger partial charge in [0.05, 0.1) is 5.69 Å². The minimum absolute atomic E-state index is 0.00987. The highest BCUT2D eigenvalue weighted by atomic mass is 16.4. The van der Waals surface area contributed by atoms with Crippen LogP contribution in [0.2, 0.25) is 0 Å². The van der Waals surface area contributed by atoms with E-state index >= 15 is 0 Å². The van der Waals surface area contributed by atoms with Crippen molar-refractivity contribution in [1.29, 1.82) is 0 Å². The molecule has 0 spiro atoms. The third-order valence-electron chi connectivity index (χ3n) is 4.63. The number of aromatic amines is 1. The second-order valence-electron chi connectivity index (χ2n) is 6.42. The molecule has 0 radical (unpaired) electrons. The molecular formula is C16H17N7O4. The van der Waals surface area contributed by atoms with E-state index in [1.54, 1.807) is 17.2 Å². The first-order valence-electron chi connectivity index (χ1n) is 8.48. The van der Waals surface area contributed by atoms with Gasteiger partial charge in [0.2, 0.25) is 0 Å². The van der Waals surface area contributed by atoms with Crippen LogP contribution >= 0.6 is 0 Å². The zero-order valence-corrected chi connectivity index (χ0v) is 14.3. The molecule has 0 saturated carbocycles. The lowest BCUT2D eigenvalue weighted by molar-refractivity contribution is -0.137. The molecule has 1 aliphatic heterocycles. The summed E-state index contributed by atoms with van der Waals surface area (Å²) in [4.78, 5) is 45.6. The Morgan fingerprint density at radius 2 is 2.19 bits per heavy atom. The van der Waals surface area contributed by atoms with Crippen LogP contribution in [0.5, 0.6) is 0 Å². The summed E-state index contributed by atoms with van der Waals surface area (Å²) in [5.74, 6) is -1.15. The van der Waals surface area contributed by atoms with Crippen molar-refractivity contribution in [3.05, 3.63) is 46.4 Å². The molecule has 140 valence electrons. The lowest BCUT2D eigenvalue weighted by Crippen LogP contribution is -2.41. The lowest BCUT2D eigenvalue weighted by Gasteiger charge is -2.31. The Kier molecular flexibility index (Phi) is 4.18. The number of carboxylic acids is 1. The van der Waals surface area contributed by atoms with E-state index in [9.17, 15) is 14.4 Å². The summed E-state index contributed by atoms with van der Waals surface area (Å²) in [7, 11) is 0. The highest BCUT2D eigenvalue weighted by molar-refractivity contribution is 5.93. The van der Waals surface area contributed by atoms with Gasteiger partial charge in [-0.3, -0.25) is 24.2 Å². The average Bonchev–Trinajstić information content (AvgIpc) is 3.31. The van der Waals surface area contributed by atoms with Crippen molar-refractivity contribution in [2.45, 2.75) is 25.3 Å². The van der Waals surface area contributed by atoms with Crippen LogP contribution in [-0.4, -0.2) is 64.3 Å². The second-order valence-corrected chi connectivity index (χ2v) is 6.42. The molecular weight excluding hydrogens is 354 g/mol. The number of aromatic nitrogens is 6. The summed E-state index contributed by atoms with van der Waals surface area (Å²) in [6.07, 6.45) is 5.81. The fourth-order valence-electron chi connectivity index (χ4n) is 3.34. The van der Waals surface area contributed by atoms with Gasteiger partial charge < -0.3 is 10.0 Å². The molecule has 1 fully saturated rings. The minimum Gasteiger partial charge on any atom is -0.480 e. The Labute approximate surface area is 152 Å². The van der Waals surface area contributed by atoms with Crippen LogP contribution in [0.3, 0.4) is 0 Å². The number of fused-ring (bicyclic) bond motifs is 1. The van der Waals surface area contributed by atoms with Gasteiger partial charge in [-0.1, -0.05) is 0 Å². The van der Waals surface area contributed by atoms with Crippen LogP contribution in [0, 0.1) is 0 Å². The molecule has 3 aromatic heterocycles. The standard InChI is InChI=1S/C16H17N7O4/c24-13(25)8-22-5-3-12(20-22)10-2-1-4-21(7-10)14(26)11-6-17-16-18-9-19-23(16)15(11)27/h3,5-6,9-10H,1-2,4,7-8H2,(H,24,25)(H,17,18,19)/t10-/m0/s1. The molecule has 1 aliphatic rings. The molecule has 4 heterocycles. The monoisotopic (exact) mass is 371 g/mol. The maximum atomic E-state index is 12.8. The number of carbonyl (C=O) groups is 2. The summed E-state index contributed by atoms with van der Waals surface area (Å²) in [6, 6.07) is 1.77. The number of nitrogens with one attached hydrogen (secondary N) is 1. The minimum atomic E-state index is -0.965. The first-order chi connectivity index (χ1) is 13.0. The van der Waals surface area contributed by atoms with E-state index in [2.05, 4.69) is 20.2 Å². The number of carbonyl (C=O) groups excluding carboxylic acids is 1. The van der Waals surface area contributed by atoms with Crippen LogP contribution in [0.4, 0.5) is 0 Å². The Hall–Kier alpha value is -3.50. The number of aliphatic carboxylic acids is 1. The number of hydrogen-bond acceptors (Lipinski definition) is 6. The number of H-pyrrole nitrogens is 1. The van der Waals surface area contributed by atoms with E-state index in [0.717, 1.165) is 23.1 Å². The SMILES string of the molecule is O=C(O)Cn1ccc([C@H]2CCCN(C(=O)c3cnc4nc[nH]n4c3=O)C2)n1. The van der Waals surface area contributed by atoms with E-state index in [1.807, 2.05) is 0 Å². The van der Waals surface area contributed by atoms with Gasteiger partial charge in [-0.2, -0.15) is 9.61 Å². The normalized spacial score (nSPS) is 17.3. The van der Waals surface area contributed by atoms with E-state index in [4.69, 9.17) is 5.11 Å². The van der Waals surface area contributed by atoms with Crippen LogP contribution < -0.4 is 5.56 Å². The molecule has 4 rings (SSSR count). The smallest absolute Gasteiger partial charge is 0.325 e. The maximum absolute atomic E-state index is 12.8. The highest BCUT2D eigenvalue weighted by Crippen LogP contribution is 2.26. The van der Waals surface area contributed by atoms with Gasteiger partial charge in [-0.05, 0) is 18.9 Å². The summed E-state index contributed by atoms with van der Waals surface area (Å²) >= 11 is 0. The van der Waals surface area contributed by atoms with Gasteiger partial charge in [-0.25, -0.2) is 9.97 Å². The van der Waals surface area contributed by atoms with Crippen molar-refractivity contribution in [2.75, 3.05) is 13.1 Å². The van der Waals surface area contributed by atoms with Crippen molar-refractivity contribution in [3.63, 3.8) is 0 Å². The number of likely N-dealkylation sites (tertiary alicyclic amines) is 1. The number of nitrogens with zero attached hydrogens (tertiary/aromatic N) is 6. The number of amides is 1. The van der Waals surface area contributed by atoms with Crippen LogP contribution in [-0.2, 0) is 11.3 Å². The van der Waals surface area contributed by atoms with Crippen molar-refractivity contribution in [3.8, 4) is 0 Å². The quantitative estimate of drug-likeness (QED) is 0.643. The molecule has 0 aliphatic carbocycles. The molecule has 2 N–H and O–H groups in total. The lowest BCUT2D eigenvalue weighted by atomic mass is 9.94. The number of piperidine rings is 1. The van der Waals surface area contributed by atoms with Crippen LogP contribution in [0.25, 0.3) is 5.78 Å². The molecule has 0 bridgehead atoms. The fourth-order valence-corrected chi connectivity index (χ4v) is 3.34. The largest absolute Gasteiger partial charge is 0.480 e. The van der Waals surface area contributed by atoms with Crippen molar-refractivity contribution < 1.29 is 14.7 Å². The maximum Gasteiger partial charge on any atom is 0.325 e. The van der Waals surface area contributed by atoms with Gasteiger partial charge in [0.1, 0.15) is 18.4 Å². The third kappa shape index (κ3) is 3.18. The van der Waals surface area contributed by atoms with Gasteiger partial charge in [0, 0.05) is 31.4 Å². The van der Waals surface area contributed by atoms with Crippen molar-refractivity contribution >= 4 is 17.7 Å². The number of carboxylic acid groups (broad SMARTS) is 1. The molecule has 1 atom stereocenters. The second kappa shape index (κ2) is 6.67. The summed E-state index contributed by atoms with van der Waals surface area (Å²) in [5.41, 5.74) is 0.233. The Balaban J connectivity index is 1.54. The molecule has 11 nitrogen and oxygen atoms in total. The first kappa shape index (κ1) is 16.9. The van der Waals surface area contributed by atoms with Crippen LogP contribution in [0.1, 0.15) is 34.8 Å². The molecule has 0 unspecified atom stereocenters. The van der Waals surface area contributed by atoms with Gasteiger partial charge in [0.15, 0.2) is 0 Å². The summed E-state index contributed by atoms with van der Waals surface area (Å²) in [6.45, 7) is 0.742. The van der Waals surface area contributed by atoms with Gasteiger partial charge >= 0.3 is 5.97 Å². The fraction of sp³-hybridized carbons (Fsp3) is 0.375. The van der Waals surface area contributed by atoms with E-state index in [1.165, 1.54) is 17.2 Å². The average molecular weight is 371 g/mol. The molecule has 1 amide bonds. The van der Waals surface area contributed by atoms with Gasteiger partial charge in [0.25, 0.3) is 17.2 Å².